The molecule has 102 valence electrons. The van der Waals surface area contributed by atoms with Gasteiger partial charge in [-0.15, -0.1) is 0 Å². The smallest absolute Gasteiger partial charge is 0.303 e. The molecule has 0 atom stereocenters. The Morgan fingerprint density at radius 2 is 1.50 bits per heavy atom. The first-order valence-corrected chi connectivity index (χ1v) is 6.94. The number of carbonyl (C=O) groups is 1. The third kappa shape index (κ3) is 14.7. The minimum Gasteiger partial charge on any atom is -0.481 e. The summed E-state index contributed by atoms with van der Waals surface area (Å²) >= 11 is 0. The molecule has 0 fully saturated rings. The quantitative estimate of drug-likeness (QED) is 0.419. The molecule has 1 N–H and O–H groups in total. The molecule has 0 rings (SSSR count). The molecule has 0 spiro atoms. The summed E-state index contributed by atoms with van der Waals surface area (Å²) in [5, 5.41) is 8.46. The van der Waals surface area contributed by atoms with Crippen LogP contribution in [0, 0.1) is 0 Å². The van der Waals surface area contributed by atoms with E-state index in [2.05, 4.69) is 43.4 Å². The summed E-state index contributed by atoms with van der Waals surface area (Å²) in [7, 11) is 0. The number of aliphatic carboxylic acids is 1. The fraction of sp³-hybridized carbons (Fsp3) is 0.562. The van der Waals surface area contributed by atoms with E-state index in [9.17, 15) is 4.79 Å². The van der Waals surface area contributed by atoms with Gasteiger partial charge in [-0.05, 0) is 44.9 Å². The van der Waals surface area contributed by atoms with Crippen molar-refractivity contribution in [1.29, 1.82) is 0 Å². The van der Waals surface area contributed by atoms with E-state index in [1.54, 1.807) is 0 Å². The Hall–Kier alpha value is -1.31. The zero-order valence-corrected chi connectivity index (χ0v) is 11.5. The average molecular weight is 250 g/mol. The summed E-state index contributed by atoms with van der Waals surface area (Å²) in [4.78, 5) is 10.3. The van der Waals surface area contributed by atoms with E-state index < -0.39 is 5.97 Å². The first-order valence-electron chi connectivity index (χ1n) is 6.94. The maximum atomic E-state index is 10.3. The number of unbranched alkanes of at least 4 members (excludes halogenated alkanes) is 3. The van der Waals surface area contributed by atoms with Gasteiger partial charge in [-0.3, -0.25) is 4.79 Å². The largest absolute Gasteiger partial charge is 0.481 e. The van der Waals surface area contributed by atoms with Crippen LogP contribution < -0.4 is 0 Å². The standard InChI is InChI=1S/C16H26O2/c1-2-3-4-5-6-7-8-9-10-11-12-13-14-15-16(17)18/h3-4,6-7,10-11H,2,5,8-9,12-15H2,1H3,(H,17,18)/b4-3+,7-6+,11-10+. The van der Waals surface area contributed by atoms with Gasteiger partial charge in [-0.1, -0.05) is 43.4 Å². The second kappa shape index (κ2) is 13.8. The van der Waals surface area contributed by atoms with Crippen LogP contribution in [0.15, 0.2) is 36.5 Å². The van der Waals surface area contributed by atoms with Gasteiger partial charge in [0.15, 0.2) is 0 Å². The normalized spacial score (nSPS) is 12.1. The van der Waals surface area contributed by atoms with Crippen molar-refractivity contribution in [3.05, 3.63) is 36.5 Å². The lowest BCUT2D eigenvalue weighted by Gasteiger charge is -1.93. The van der Waals surface area contributed by atoms with Crippen LogP contribution in [0.1, 0.15) is 58.3 Å². The first-order chi connectivity index (χ1) is 8.77. The molecule has 0 unspecified atom stereocenters. The Labute approximate surface area is 111 Å². The lowest BCUT2D eigenvalue weighted by Crippen LogP contribution is -1.92. The molecule has 0 aliphatic carbocycles. The van der Waals surface area contributed by atoms with Crippen molar-refractivity contribution in [2.24, 2.45) is 0 Å². The first kappa shape index (κ1) is 16.7. The molecule has 0 amide bonds. The number of hydrogen-bond acceptors (Lipinski definition) is 1. The van der Waals surface area contributed by atoms with Crippen LogP contribution in [0.25, 0.3) is 0 Å². The SMILES string of the molecule is CC/C=C/C/C=C/CC/C=C/CCCCC(=O)O. The Kier molecular flexibility index (Phi) is 12.8. The minimum absolute atomic E-state index is 0.294. The lowest BCUT2D eigenvalue weighted by atomic mass is 10.1. The molecular weight excluding hydrogens is 224 g/mol. The van der Waals surface area contributed by atoms with Crippen molar-refractivity contribution in [3.63, 3.8) is 0 Å². The number of hydrogen-bond donors (Lipinski definition) is 1. The van der Waals surface area contributed by atoms with E-state index in [-0.39, 0.29) is 0 Å². The van der Waals surface area contributed by atoms with E-state index in [0.717, 1.165) is 44.9 Å². The van der Waals surface area contributed by atoms with Crippen molar-refractivity contribution in [2.75, 3.05) is 0 Å². The minimum atomic E-state index is -0.693. The van der Waals surface area contributed by atoms with Gasteiger partial charge in [0.05, 0.1) is 0 Å². The number of allylic oxidation sites excluding steroid dienone is 6. The van der Waals surface area contributed by atoms with Crippen LogP contribution in [0.2, 0.25) is 0 Å². The molecule has 0 radical (unpaired) electrons. The van der Waals surface area contributed by atoms with E-state index in [1.807, 2.05) is 0 Å². The molecule has 0 aromatic carbocycles. The van der Waals surface area contributed by atoms with Crippen LogP contribution in [-0.4, -0.2) is 11.1 Å². The van der Waals surface area contributed by atoms with Crippen LogP contribution in [0.5, 0.6) is 0 Å². The lowest BCUT2D eigenvalue weighted by molar-refractivity contribution is -0.137. The fourth-order valence-corrected chi connectivity index (χ4v) is 1.52. The Morgan fingerprint density at radius 3 is 2.17 bits per heavy atom. The number of carboxylic acid groups (broad SMARTS) is 1. The zero-order valence-electron chi connectivity index (χ0n) is 11.5. The van der Waals surface area contributed by atoms with E-state index in [0.29, 0.717) is 6.42 Å². The summed E-state index contributed by atoms with van der Waals surface area (Å²) in [5.74, 6) is -0.693. The fourth-order valence-electron chi connectivity index (χ4n) is 1.52. The van der Waals surface area contributed by atoms with E-state index >= 15 is 0 Å². The third-order valence-corrected chi connectivity index (χ3v) is 2.52. The van der Waals surface area contributed by atoms with Crippen molar-refractivity contribution < 1.29 is 9.90 Å². The maximum absolute atomic E-state index is 10.3. The monoisotopic (exact) mass is 250 g/mol. The summed E-state index contributed by atoms with van der Waals surface area (Å²) in [5.41, 5.74) is 0. The highest BCUT2D eigenvalue weighted by Crippen LogP contribution is 2.02. The summed E-state index contributed by atoms with van der Waals surface area (Å²) in [6, 6.07) is 0. The zero-order chi connectivity index (χ0) is 13.5. The van der Waals surface area contributed by atoms with Gasteiger partial charge in [-0.25, -0.2) is 0 Å². The molecule has 0 heterocycles. The molecule has 18 heavy (non-hydrogen) atoms. The summed E-state index contributed by atoms with van der Waals surface area (Å²) in [6.45, 7) is 2.14. The van der Waals surface area contributed by atoms with Gasteiger partial charge in [-0.2, -0.15) is 0 Å². The maximum Gasteiger partial charge on any atom is 0.303 e. The van der Waals surface area contributed by atoms with Gasteiger partial charge in [0.25, 0.3) is 0 Å². The van der Waals surface area contributed by atoms with Gasteiger partial charge < -0.3 is 5.11 Å². The molecule has 0 bridgehead atoms. The highest BCUT2D eigenvalue weighted by Gasteiger charge is 1.93. The van der Waals surface area contributed by atoms with Gasteiger partial charge in [0.2, 0.25) is 0 Å². The molecule has 0 aliphatic heterocycles. The average Bonchev–Trinajstić information content (AvgIpc) is 2.34. The van der Waals surface area contributed by atoms with Crippen molar-refractivity contribution >= 4 is 5.97 Å². The van der Waals surface area contributed by atoms with Gasteiger partial charge in [0, 0.05) is 6.42 Å². The molecule has 0 aromatic heterocycles. The summed E-state index contributed by atoms with van der Waals surface area (Å²) < 4.78 is 0. The van der Waals surface area contributed by atoms with E-state index in [1.165, 1.54) is 0 Å². The van der Waals surface area contributed by atoms with Crippen LogP contribution in [0.4, 0.5) is 0 Å². The molecule has 2 nitrogen and oxygen atoms in total. The second-order valence-corrected chi connectivity index (χ2v) is 4.28. The Bertz CT molecular complexity index is 275. The Balaban J connectivity index is 3.27. The predicted octanol–water partition coefficient (Wildman–Crippen LogP) is 4.88. The van der Waals surface area contributed by atoms with Gasteiger partial charge in [0.1, 0.15) is 0 Å². The number of rotatable bonds is 11. The van der Waals surface area contributed by atoms with Crippen molar-refractivity contribution in [2.45, 2.75) is 58.3 Å². The molecule has 2 heteroatoms. The second-order valence-electron chi connectivity index (χ2n) is 4.28. The van der Waals surface area contributed by atoms with E-state index in [4.69, 9.17) is 5.11 Å². The molecule has 0 saturated heterocycles. The van der Waals surface area contributed by atoms with Crippen molar-refractivity contribution in [3.8, 4) is 0 Å². The Morgan fingerprint density at radius 1 is 0.889 bits per heavy atom. The topological polar surface area (TPSA) is 37.3 Å². The number of carboxylic acids is 1. The molecule has 0 saturated carbocycles. The molecule has 0 aromatic rings. The molecular formula is C16H26O2. The third-order valence-electron chi connectivity index (χ3n) is 2.52. The highest BCUT2D eigenvalue weighted by atomic mass is 16.4. The van der Waals surface area contributed by atoms with Gasteiger partial charge >= 0.3 is 5.97 Å². The van der Waals surface area contributed by atoms with Crippen molar-refractivity contribution in [1.82, 2.24) is 0 Å². The molecule has 0 aliphatic rings. The summed E-state index contributed by atoms with van der Waals surface area (Å²) in [6.07, 6.45) is 20.5. The highest BCUT2D eigenvalue weighted by molar-refractivity contribution is 5.66. The predicted molar refractivity (Wildman–Crippen MR) is 77.7 cm³/mol. The van der Waals surface area contributed by atoms with Crippen LogP contribution >= 0.6 is 0 Å². The van der Waals surface area contributed by atoms with Crippen LogP contribution in [-0.2, 0) is 4.79 Å². The van der Waals surface area contributed by atoms with Crippen LogP contribution in [0.3, 0.4) is 0 Å².